The summed E-state index contributed by atoms with van der Waals surface area (Å²) in [6.07, 6.45) is 1.80. The SMILES string of the molecule is O=C(O)CCN(C(=O)Nc1ccccc1Cl)C1CC1. The maximum absolute atomic E-state index is 12.1. The van der Waals surface area contributed by atoms with Crippen molar-refractivity contribution in [2.45, 2.75) is 25.3 Å². The lowest BCUT2D eigenvalue weighted by Crippen LogP contribution is -2.38. The van der Waals surface area contributed by atoms with E-state index in [2.05, 4.69) is 5.32 Å². The second kappa shape index (κ2) is 5.93. The molecule has 1 aromatic rings. The van der Waals surface area contributed by atoms with Crippen LogP contribution in [0.3, 0.4) is 0 Å². The monoisotopic (exact) mass is 282 g/mol. The van der Waals surface area contributed by atoms with E-state index in [-0.39, 0.29) is 25.0 Å². The summed E-state index contributed by atoms with van der Waals surface area (Å²) >= 11 is 5.97. The van der Waals surface area contributed by atoms with E-state index < -0.39 is 5.97 Å². The van der Waals surface area contributed by atoms with Crippen LogP contribution in [-0.2, 0) is 4.79 Å². The van der Waals surface area contributed by atoms with Crippen molar-refractivity contribution in [2.24, 2.45) is 0 Å². The Balaban J connectivity index is 1.99. The molecule has 1 aromatic carbocycles. The molecule has 1 aliphatic rings. The number of rotatable bonds is 5. The predicted octanol–water partition coefficient (Wildman–Crippen LogP) is 2.81. The molecule has 0 radical (unpaired) electrons. The molecule has 0 aliphatic heterocycles. The molecule has 0 bridgehead atoms. The highest BCUT2D eigenvalue weighted by molar-refractivity contribution is 6.33. The van der Waals surface area contributed by atoms with Crippen LogP contribution in [0, 0.1) is 0 Å². The summed E-state index contributed by atoms with van der Waals surface area (Å²) < 4.78 is 0. The number of nitrogens with zero attached hydrogens (tertiary/aromatic N) is 1. The van der Waals surface area contributed by atoms with Gasteiger partial charge in [0.15, 0.2) is 0 Å². The maximum Gasteiger partial charge on any atom is 0.322 e. The number of aliphatic carboxylic acids is 1. The second-order valence-corrected chi connectivity index (χ2v) is 4.89. The van der Waals surface area contributed by atoms with Crippen LogP contribution in [-0.4, -0.2) is 34.6 Å². The van der Waals surface area contributed by atoms with Gasteiger partial charge in [-0.05, 0) is 25.0 Å². The van der Waals surface area contributed by atoms with Crippen LogP contribution in [0.1, 0.15) is 19.3 Å². The number of hydrogen-bond acceptors (Lipinski definition) is 2. The molecule has 0 spiro atoms. The highest BCUT2D eigenvalue weighted by atomic mass is 35.5. The van der Waals surface area contributed by atoms with Gasteiger partial charge in [-0.1, -0.05) is 23.7 Å². The van der Waals surface area contributed by atoms with Crippen LogP contribution >= 0.6 is 11.6 Å². The number of benzene rings is 1. The first kappa shape index (κ1) is 13.7. The van der Waals surface area contributed by atoms with Crippen molar-refractivity contribution in [2.75, 3.05) is 11.9 Å². The first-order chi connectivity index (χ1) is 9.08. The number of nitrogens with one attached hydrogen (secondary N) is 1. The van der Waals surface area contributed by atoms with Crippen molar-refractivity contribution >= 4 is 29.3 Å². The van der Waals surface area contributed by atoms with Crippen molar-refractivity contribution < 1.29 is 14.7 Å². The third-order valence-corrected chi connectivity index (χ3v) is 3.26. The Morgan fingerprint density at radius 1 is 1.37 bits per heavy atom. The molecule has 1 fully saturated rings. The summed E-state index contributed by atoms with van der Waals surface area (Å²) in [6, 6.07) is 6.82. The number of urea groups is 1. The lowest BCUT2D eigenvalue weighted by atomic mass is 10.3. The van der Waals surface area contributed by atoms with Gasteiger partial charge in [0.2, 0.25) is 0 Å². The molecule has 1 saturated carbocycles. The summed E-state index contributed by atoms with van der Waals surface area (Å²) in [6.45, 7) is 0.219. The van der Waals surface area contributed by atoms with Crippen LogP contribution in [0.15, 0.2) is 24.3 Å². The van der Waals surface area contributed by atoms with Crippen LogP contribution in [0.4, 0.5) is 10.5 Å². The van der Waals surface area contributed by atoms with Gasteiger partial charge in [0.25, 0.3) is 0 Å². The highest BCUT2D eigenvalue weighted by Gasteiger charge is 2.32. The topological polar surface area (TPSA) is 69.6 Å². The average molecular weight is 283 g/mol. The van der Waals surface area contributed by atoms with E-state index in [4.69, 9.17) is 16.7 Å². The third kappa shape index (κ3) is 3.86. The number of amides is 2. The van der Waals surface area contributed by atoms with Crippen molar-refractivity contribution in [1.82, 2.24) is 4.90 Å². The first-order valence-corrected chi connectivity index (χ1v) is 6.49. The molecule has 2 N–H and O–H groups in total. The normalized spacial score (nSPS) is 13.9. The van der Waals surface area contributed by atoms with Gasteiger partial charge in [-0.25, -0.2) is 4.79 Å². The molecule has 5 nitrogen and oxygen atoms in total. The van der Waals surface area contributed by atoms with Crippen LogP contribution in [0.25, 0.3) is 0 Å². The van der Waals surface area contributed by atoms with Gasteiger partial charge in [0.1, 0.15) is 0 Å². The number of para-hydroxylation sites is 1. The zero-order chi connectivity index (χ0) is 13.8. The van der Waals surface area contributed by atoms with E-state index in [1.54, 1.807) is 29.2 Å². The summed E-state index contributed by atoms with van der Waals surface area (Å²) in [4.78, 5) is 24.3. The molecule has 0 heterocycles. The molecular formula is C13H15ClN2O3. The van der Waals surface area contributed by atoms with Gasteiger partial charge in [0, 0.05) is 12.6 Å². The number of carbonyl (C=O) groups is 2. The van der Waals surface area contributed by atoms with E-state index >= 15 is 0 Å². The van der Waals surface area contributed by atoms with E-state index in [1.165, 1.54) is 0 Å². The quantitative estimate of drug-likeness (QED) is 0.872. The maximum atomic E-state index is 12.1. The molecule has 102 valence electrons. The van der Waals surface area contributed by atoms with Crippen molar-refractivity contribution in [3.8, 4) is 0 Å². The fourth-order valence-electron chi connectivity index (χ4n) is 1.80. The fourth-order valence-corrected chi connectivity index (χ4v) is 1.98. The molecule has 0 saturated heterocycles. The van der Waals surface area contributed by atoms with Gasteiger partial charge in [-0.15, -0.1) is 0 Å². The lowest BCUT2D eigenvalue weighted by molar-refractivity contribution is -0.137. The number of anilines is 1. The second-order valence-electron chi connectivity index (χ2n) is 4.48. The Morgan fingerprint density at radius 3 is 2.63 bits per heavy atom. The molecule has 2 amide bonds. The molecule has 0 unspecified atom stereocenters. The number of carboxylic acid groups (broad SMARTS) is 1. The minimum atomic E-state index is -0.906. The lowest BCUT2D eigenvalue weighted by Gasteiger charge is -2.22. The van der Waals surface area contributed by atoms with E-state index in [0.717, 1.165) is 12.8 Å². The van der Waals surface area contributed by atoms with Crippen LogP contribution in [0.2, 0.25) is 5.02 Å². The van der Waals surface area contributed by atoms with E-state index in [9.17, 15) is 9.59 Å². The Hall–Kier alpha value is -1.75. The Kier molecular flexibility index (Phi) is 4.27. The minimum Gasteiger partial charge on any atom is -0.481 e. The van der Waals surface area contributed by atoms with Crippen LogP contribution in [0.5, 0.6) is 0 Å². The van der Waals surface area contributed by atoms with E-state index in [1.807, 2.05) is 0 Å². The molecule has 2 rings (SSSR count). The van der Waals surface area contributed by atoms with Crippen molar-refractivity contribution in [3.05, 3.63) is 29.3 Å². The Bertz CT molecular complexity index is 489. The zero-order valence-electron chi connectivity index (χ0n) is 10.3. The molecule has 19 heavy (non-hydrogen) atoms. The first-order valence-electron chi connectivity index (χ1n) is 6.12. The van der Waals surface area contributed by atoms with Gasteiger partial charge in [-0.2, -0.15) is 0 Å². The molecule has 6 heteroatoms. The average Bonchev–Trinajstić information content (AvgIpc) is 3.16. The standard InChI is InChI=1S/C13H15ClN2O3/c14-10-3-1-2-4-11(10)15-13(19)16(9-5-6-9)8-7-12(17)18/h1-4,9H,5-8H2,(H,15,19)(H,17,18). The third-order valence-electron chi connectivity index (χ3n) is 2.93. The molecule has 1 aliphatic carbocycles. The number of carboxylic acids is 1. The number of hydrogen-bond donors (Lipinski definition) is 2. The molecular weight excluding hydrogens is 268 g/mol. The van der Waals surface area contributed by atoms with Gasteiger partial charge < -0.3 is 15.3 Å². The fraction of sp³-hybridized carbons (Fsp3) is 0.385. The van der Waals surface area contributed by atoms with Gasteiger partial charge >= 0.3 is 12.0 Å². The minimum absolute atomic E-state index is 0.0492. The van der Waals surface area contributed by atoms with E-state index in [0.29, 0.717) is 10.7 Å². The Morgan fingerprint density at radius 2 is 2.05 bits per heavy atom. The zero-order valence-corrected chi connectivity index (χ0v) is 11.1. The highest BCUT2D eigenvalue weighted by Crippen LogP contribution is 2.28. The molecule has 0 aromatic heterocycles. The van der Waals surface area contributed by atoms with Gasteiger partial charge in [0.05, 0.1) is 17.1 Å². The summed E-state index contributed by atoms with van der Waals surface area (Å²) in [5.41, 5.74) is 0.537. The number of halogens is 1. The molecule has 0 atom stereocenters. The number of carbonyl (C=O) groups excluding carboxylic acids is 1. The Labute approximate surface area is 116 Å². The summed E-state index contributed by atoms with van der Waals surface area (Å²) in [7, 11) is 0. The van der Waals surface area contributed by atoms with Crippen molar-refractivity contribution in [3.63, 3.8) is 0 Å². The van der Waals surface area contributed by atoms with Gasteiger partial charge in [-0.3, -0.25) is 4.79 Å². The summed E-state index contributed by atoms with van der Waals surface area (Å²) in [5, 5.41) is 11.9. The summed E-state index contributed by atoms with van der Waals surface area (Å²) in [5.74, 6) is -0.906. The largest absolute Gasteiger partial charge is 0.481 e. The smallest absolute Gasteiger partial charge is 0.322 e. The van der Waals surface area contributed by atoms with Crippen LogP contribution < -0.4 is 5.32 Å². The predicted molar refractivity (Wildman–Crippen MR) is 72.5 cm³/mol. The van der Waals surface area contributed by atoms with Crippen molar-refractivity contribution in [1.29, 1.82) is 0 Å².